The number of halogens is 2. The van der Waals surface area contributed by atoms with E-state index in [1.807, 2.05) is 0 Å². The van der Waals surface area contributed by atoms with Gasteiger partial charge in [0, 0.05) is 6.54 Å². The summed E-state index contributed by atoms with van der Waals surface area (Å²) in [6, 6.07) is 0. The summed E-state index contributed by atoms with van der Waals surface area (Å²) in [5, 5.41) is 2.87. The monoisotopic (exact) mass is 299 g/mol. The number of carbonyl (C=O) groups excluding carboxylic acids is 1. The fraction of sp³-hybridized carbons (Fsp3) is 0.917. The smallest absolute Gasteiger partial charge is 0.239 e. The summed E-state index contributed by atoms with van der Waals surface area (Å²) in [6.07, 6.45) is 5.03. The maximum Gasteiger partial charge on any atom is 0.239 e. The van der Waals surface area contributed by atoms with Gasteiger partial charge in [-0.15, -0.1) is 24.8 Å². The van der Waals surface area contributed by atoms with Crippen molar-refractivity contribution in [3.63, 3.8) is 0 Å². The Bertz CT molecular complexity index is 226. The molecule has 1 fully saturated rings. The van der Waals surface area contributed by atoms with Gasteiger partial charge in [-0.3, -0.25) is 4.79 Å². The minimum atomic E-state index is -0.759. The second-order valence-electron chi connectivity index (χ2n) is 5.23. The van der Waals surface area contributed by atoms with Gasteiger partial charge in [0.25, 0.3) is 0 Å². The number of nitrogens with two attached hydrogens (primary N) is 1. The van der Waals surface area contributed by atoms with E-state index in [1.54, 1.807) is 13.8 Å². The molecule has 1 aliphatic heterocycles. The van der Waals surface area contributed by atoms with Crippen LogP contribution in [0, 0.1) is 0 Å². The molecular formula is C12H27Cl2N3O. The van der Waals surface area contributed by atoms with E-state index >= 15 is 0 Å². The average Bonchev–Trinajstić information content (AvgIpc) is 2.24. The minimum absolute atomic E-state index is 0. The molecule has 1 amide bonds. The van der Waals surface area contributed by atoms with Crippen molar-refractivity contribution in [2.45, 2.75) is 45.1 Å². The first-order chi connectivity index (χ1) is 7.50. The van der Waals surface area contributed by atoms with Crippen LogP contribution in [0.15, 0.2) is 0 Å². The van der Waals surface area contributed by atoms with Crippen molar-refractivity contribution in [2.24, 2.45) is 5.73 Å². The van der Waals surface area contributed by atoms with Crippen LogP contribution in [-0.4, -0.2) is 42.5 Å². The molecule has 0 spiro atoms. The van der Waals surface area contributed by atoms with Gasteiger partial charge >= 0.3 is 0 Å². The lowest BCUT2D eigenvalue weighted by atomic mass is 10.1. The number of nitrogens with zero attached hydrogens (tertiary/aromatic N) is 1. The second-order valence-corrected chi connectivity index (χ2v) is 5.23. The maximum absolute atomic E-state index is 11.5. The summed E-state index contributed by atoms with van der Waals surface area (Å²) >= 11 is 0. The summed E-state index contributed by atoms with van der Waals surface area (Å²) < 4.78 is 0. The fourth-order valence-electron chi connectivity index (χ4n) is 1.92. The van der Waals surface area contributed by atoms with Gasteiger partial charge in [-0.25, -0.2) is 0 Å². The molecule has 6 heteroatoms. The molecule has 0 unspecified atom stereocenters. The zero-order valence-electron chi connectivity index (χ0n) is 11.4. The predicted octanol–water partition coefficient (Wildman–Crippen LogP) is 1.56. The Kier molecular flexibility index (Phi) is 11.1. The van der Waals surface area contributed by atoms with Gasteiger partial charge in [0.2, 0.25) is 5.91 Å². The molecule has 0 aromatic rings. The molecule has 0 radical (unpaired) electrons. The molecule has 0 aromatic heterocycles. The third-order valence-electron chi connectivity index (χ3n) is 2.97. The first-order valence-corrected chi connectivity index (χ1v) is 6.30. The van der Waals surface area contributed by atoms with Crippen LogP contribution < -0.4 is 11.1 Å². The molecule has 1 rings (SSSR count). The third kappa shape index (κ3) is 8.14. The Morgan fingerprint density at radius 1 is 1.22 bits per heavy atom. The summed E-state index contributed by atoms with van der Waals surface area (Å²) in [7, 11) is 0. The third-order valence-corrected chi connectivity index (χ3v) is 2.97. The number of nitrogens with one attached hydrogen (secondary N) is 1. The van der Waals surface area contributed by atoms with E-state index in [-0.39, 0.29) is 30.7 Å². The molecular weight excluding hydrogens is 273 g/mol. The highest BCUT2D eigenvalue weighted by atomic mass is 35.5. The van der Waals surface area contributed by atoms with Gasteiger partial charge in [0.05, 0.1) is 5.54 Å². The average molecular weight is 300 g/mol. The van der Waals surface area contributed by atoms with Crippen molar-refractivity contribution in [3.8, 4) is 0 Å². The summed E-state index contributed by atoms with van der Waals surface area (Å²) in [4.78, 5) is 13.9. The van der Waals surface area contributed by atoms with Crippen LogP contribution in [0.2, 0.25) is 0 Å². The summed E-state index contributed by atoms with van der Waals surface area (Å²) in [5.74, 6) is -0.0638. The molecule has 0 saturated carbocycles. The zero-order chi connectivity index (χ0) is 12.0. The van der Waals surface area contributed by atoms with Gasteiger partial charge in [-0.1, -0.05) is 6.42 Å². The Labute approximate surface area is 123 Å². The van der Waals surface area contributed by atoms with Crippen LogP contribution >= 0.6 is 24.8 Å². The van der Waals surface area contributed by atoms with Crippen LogP contribution in [0.25, 0.3) is 0 Å². The number of amides is 1. The highest BCUT2D eigenvalue weighted by Gasteiger charge is 2.20. The SMILES string of the molecule is CC(C)(N)C(=O)NCCCN1CCCCC1.Cl.Cl. The molecule has 0 bridgehead atoms. The first-order valence-electron chi connectivity index (χ1n) is 6.30. The van der Waals surface area contributed by atoms with Crippen LogP contribution in [-0.2, 0) is 4.79 Å². The van der Waals surface area contributed by atoms with E-state index in [4.69, 9.17) is 5.73 Å². The van der Waals surface area contributed by atoms with Crippen LogP contribution in [0.4, 0.5) is 0 Å². The number of hydrogen-bond donors (Lipinski definition) is 2. The van der Waals surface area contributed by atoms with Gasteiger partial charge < -0.3 is 16.0 Å². The van der Waals surface area contributed by atoms with Crippen molar-refractivity contribution in [1.29, 1.82) is 0 Å². The van der Waals surface area contributed by atoms with E-state index in [0.29, 0.717) is 0 Å². The molecule has 110 valence electrons. The molecule has 1 saturated heterocycles. The van der Waals surface area contributed by atoms with E-state index in [9.17, 15) is 4.79 Å². The van der Waals surface area contributed by atoms with Crippen LogP contribution in [0.5, 0.6) is 0 Å². The number of hydrogen-bond acceptors (Lipinski definition) is 3. The molecule has 3 N–H and O–H groups in total. The van der Waals surface area contributed by atoms with Crippen molar-refractivity contribution in [2.75, 3.05) is 26.2 Å². The van der Waals surface area contributed by atoms with Gasteiger partial charge in [0.1, 0.15) is 0 Å². The van der Waals surface area contributed by atoms with Gasteiger partial charge in [-0.05, 0) is 52.7 Å². The van der Waals surface area contributed by atoms with Crippen LogP contribution in [0.3, 0.4) is 0 Å². The second kappa shape index (κ2) is 9.84. The Balaban J connectivity index is 0. The topological polar surface area (TPSA) is 58.4 Å². The molecule has 4 nitrogen and oxygen atoms in total. The van der Waals surface area contributed by atoms with Crippen LogP contribution in [0.1, 0.15) is 39.5 Å². The van der Waals surface area contributed by atoms with Crippen molar-refractivity contribution in [3.05, 3.63) is 0 Å². The van der Waals surface area contributed by atoms with E-state index in [1.165, 1.54) is 32.4 Å². The lowest BCUT2D eigenvalue weighted by molar-refractivity contribution is -0.125. The highest BCUT2D eigenvalue weighted by molar-refractivity contribution is 5.85. The largest absolute Gasteiger partial charge is 0.354 e. The zero-order valence-corrected chi connectivity index (χ0v) is 13.0. The van der Waals surface area contributed by atoms with E-state index in [0.717, 1.165) is 19.5 Å². The quantitative estimate of drug-likeness (QED) is 0.758. The molecule has 0 atom stereocenters. The predicted molar refractivity (Wildman–Crippen MR) is 80.7 cm³/mol. The number of piperidine rings is 1. The first kappa shape index (κ1) is 20.3. The molecule has 0 aliphatic carbocycles. The molecule has 1 aliphatic rings. The molecule has 0 aromatic carbocycles. The highest BCUT2D eigenvalue weighted by Crippen LogP contribution is 2.08. The molecule has 1 heterocycles. The van der Waals surface area contributed by atoms with Crippen molar-refractivity contribution < 1.29 is 4.79 Å². The number of rotatable bonds is 5. The summed E-state index contributed by atoms with van der Waals surface area (Å²) in [5.41, 5.74) is 4.92. The van der Waals surface area contributed by atoms with E-state index < -0.39 is 5.54 Å². The normalized spacial score (nSPS) is 16.4. The lowest BCUT2D eigenvalue weighted by Gasteiger charge is -2.26. The lowest BCUT2D eigenvalue weighted by Crippen LogP contribution is -2.49. The van der Waals surface area contributed by atoms with Crippen molar-refractivity contribution in [1.82, 2.24) is 10.2 Å². The fourth-order valence-corrected chi connectivity index (χ4v) is 1.92. The van der Waals surface area contributed by atoms with Gasteiger partial charge in [0.15, 0.2) is 0 Å². The summed E-state index contributed by atoms with van der Waals surface area (Å²) in [6.45, 7) is 7.72. The Morgan fingerprint density at radius 3 is 2.28 bits per heavy atom. The standard InChI is InChI=1S/C12H25N3O.2ClH/c1-12(2,13)11(16)14-7-6-10-15-8-4-3-5-9-15;;/h3-10,13H2,1-2H3,(H,14,16);2*1H. The number of likely N-dealkylation sites (tertiary alicyclic amines) is 1. The number of carbonyl (C=O) groups is 1. The van der Waals surface area contributed by atoms with Crippen molar-refractivity contribution >= 4 is 30.7 Å². The maximum atomic E-state index is 11.5. The van der Waals surface area contributed by atoms with Gasteiger partial charge in [-0.2, -0.15) is 0 Å². The molecule has 18 heavy (non-hydrogen) atoms. The Morgan fingerprint density at radius 2 is 1.78 bits per heavy atom. The Hall–Kier alpha value is -0.0300. The van der Waals surface area contributed by atoms with E-state index in [2.05, 4.69) is 10.2 Å². The minimum Gasteiger partial charge on any atom is -0.354 e.